The number of benzene rings is 1. The molecule has 2 aliphatic rings. The van der Waals surface area contributed by atoms with E-state index in [1.165, 1.54) is 10.4 Å². The summed E-state index contributed by atoms with van der Waals surface area (Å²) < 4.78 is 0. The van der Waals surface area contributed by atoms with Crippen molar-refractivity contribution in [3.8, 4) is 0 Å². The summed E-state index contributed by atoms with van der Waals surface area (Å²) in [7, 11) is 0. The predicted molar refractivity (Wildman–Crippen MR) is 81.2 cm³/mol. The Kier molecular flexibility index (Phi) is 2.59. The van der Waals surface area contributed by atoms with E-state index >= 15 is 0 Å². The van der Waals surface area contributed by atoms with Crippen LogP contribution < -0.4 is 0 Å². The van der Waals surface area contributed by atoms with Gasteiger partial charge in [-0.1, -0.05) is 16.8 Å². The molecule has 0 saturated carbocycles. The van der Waals surface area contributed by atoms with Crippen LogP contribution in [0, 0.1) is 0 Å². The molecule has 3 heterocycles. The number of hydrogen-bond donors (Lipinski definition) is 0. The van der Waals surface area contributed by atoms with Crippen LogP contribution >= 0.6 is 22.9 Å². The van der Waals surface area contributed by atoms with Crippen molar-refractivity contribution in [2.45, 2.75) is 19.1 Å². The van der Waals surface area contributed by atoms with Crippen LogP contribution in [0.15, 0.2) is 40.9 Å². The van der Waals surface area contributed by atoms with Gasteiger partial charge in [-0.05, 0) is 35.7 Å². The van der Waals surface area contributed by atoms with Gasteiger partial charge in [0, 0.05) is 40.9 Å². The molecule has 0 bridgehead atoms. The van der Waals surface area contributed by atoms with E-state index in [1.54, 1.807) is 11.3 Å². The molecule has 20 heavy (non-hydrogen) atoms. The lowest BCUT2D eigenvalue weighted by atomic mass is 9.97. The summed E-state index contributed by atoms with van der Waals surface area (Å²) in [6, 6.07) is 9.88. The molecule has 0 amide bonds. The third-order valence-electron chi connectivity index (χ3n) is 3.99. The van der Waals surface area contributed by atoms with E-state index in [-0.39, 0.29) is 0 Å². The van der Waals surface area contributed by atoms with Gasteiger partial charge >= 0.3 is 0 Å². The molecule has 1 unspecified atom stereocenters. The molecule has 0 radical (unpaired) electrons. The van der Waals surface area contributed by atoms with Crippen LogP contribution in [0.25, 0.3) is 0 Å². The maximum absolute atomic E-state index is 5.95. The van der Waals surface area contributed by atoms with Gasteiger partial charge in [0.2, 0.25) is 5.72 Å². The Balaban J connectivity index is 1.75. The van der Waals surface area contributed by atoms with Crippen LogP contribution in [0.3, 0.4) is 0 Å². The van der Waals surface area contributed by atoms with Crippen LogP contribution in [0.2, 0.25) is 5.02 Å². The highest BCUT2D eigenvalue weighted by molar-refractivity contribution is 7.10. The zero-order valence-corrected chi connectivity index (χ0v) is 12.5. The number of rotatable bonds is 1. The molecule has 3 nitrogen and oxygen atoms in total. The van der Waals surface area contributed by atoms with Gasteiger partial charge in [-0.3, -0.25) is 0 Å². The highest BCUT2D eigenvalue weighted by Crippen LogP contribution is 2.43. The minimum Gasteiger partial charge on any atom is -0.360 e. The number of halogens is 1. The maximum atomic E-state index is 5.95. The lowest BCUT2D eigenvalue weighted by Gasteiger charge is -2.38. The first-order valence-corrected chi connectivity index (χ1v) is 7.81. The van der Waals surface area contributed by atoms with Crippen molar-refractivity contribution in [1.82, 2.24) is 4.90 Å². The molecule has 2 aromatic rings. The first-order valence-electron chi connectivity index (χ1n) is 6.55. The summed E-state index contributed by atoms with van der Waals surface area (Å²) in [6.45, 7) is 3.01. The number of thiophene rings is 1. The standard InChI is InChI=1S/C15H13ClN2OS/c1-15-12-7-9-20-13(12)6-8-18(15)14(17-19-15)10-2-4-11(16)5-3-10/h2-5,7,9H,6,8H2,1H3. The quantitative estimate of drug-likeness (QED) is 0.800. The van der Waals surface area contributed by atoms with Gasteiger partial charge in [-0.15, -0.1) is 11.3 Å². The summed E-state index contributed by atoms with van der Waals surface area (Å²) in [5.41, 5.74) is 1.81. The molecule has 102 valence electrons. The van der Waals surface area contributed by atoms with E-state index in [0.717, 1.165) is 29.4 Å². The van der Waals surface area contributed by atoms with Gasteiger partial charge in [-0.25, -0.2) is 0 Å². The Bertz CT molecular complexity index is 694. The van der Waals surface area contributed by atoms with Crippen molar-refractivity contribution in [2.24, 2.45) is 5.16 Å². The van der Waals surface area contributed by atoms with E-state index in [4.69, 9.17) is 16.4 Å². The van der Waals surface area contributed by atoms with Crippen LogP contribution in [-0.4, -0.2) is 17.3 Å². The van der Waals surface area contributed by atoms with E-state index in [2.05, 4.69) is 28.4 Å². The summed E-state index contributed by atoms with van der Waals surface area (Å²) in [5, 5.41) is 7.19. The van der Waals surface area contributed by atoms with Gasteiger partial charge in [0.1, 0.15) is 0 Å². The van der Waals surface area contributed by atoms with Crippen molar-refractivity contribution >= 4 is 28.8 Å². The topological polar surface area (TPSA) is 24.8 Å². The number of hydrogen-bond acceptors (Lipinski definition) is 4. The van der Waals surface area contributed by atoms with E-state index in [1.807, 2.05) is 24.3 Å². The highest BCUT2D eigenvalue weighted by Gasteiger charge is 2.47. The third-order valence-corrected chi connectivity index (χ3v) is 5.22. The third kappa shape index (κ3) is 1.61. The average Bonchev–Trinajstić information content (AvgIpc) is 3.04. The Morgan fingerprint density at radius 2 is 2.10 bits per heavy atom. The Morgan fingerprint density at radius 1 is 1.30 bits per heavy atom. The molecule has 0 N–H and O–H groups in total. The lowest BCUT2D eigenvalue weighted by molar-refractivity contribution is -0.0951. The highest BCUT2D eigenvalue weighted by atomic mass is 35.5. The average molecular weight is 305 g/mol. The molecular formula is C15H13ClN2OS. The van der Waals surface area contributed by atoms with Gasteiger partial charge < -0.3 is 9.74 Å². The van der Waals surface area contributed by atoms with Crippen molar-refractivity contribution in [3.63, 3.8) is 0 Å². The van der Waals surface area contributed by atoms with Crippen LogP contribution in [-0.2, 0) is 17.0 Å². The van der Waals surface area contributed by atoms with Crippen molar-refractivity contribution in [1.29, 1.82) is 0 Å². The molecule has 0 saturated heterocycles. The fourth-order valence-corrected chi connectivity index (χ4v) is 4.00. The monoisotopic (exact) mass is 304 g/mol. The van der Waals surface area contributed by atoms with Crippen LogP contribution in [0.4, 0.5) is 0 Å². The molecule has 0 fully saturated rings. The van der Waals surface area contributed by atoms with Crippen molar-refractivity contribution < 1.29 is 4.84 Å². The molecule has 4 rings (SSSR count). The smallest absolute Gasteiger partial charge is 0.235 e. The lowest BCUT2D eigenvalue weighted by Crippen LogP contribution is -2.48. The predicted octanol–water partition coefficient (Wildman–Crippen LogP) is 3.82. The van der Waals surface area contributed by atoms with E-state index in [0.29, 0.717) is 0 Å². The molecular weight excluding hydrogens is 292 g/mol. The minimum atomic E-state index is -0.470. The largest absolute Gasteiger partial charge is 0.360 e. The van der Waals surface area contributed by atoms with Gasteiger partial charge in [0.05, 0.1) is 0 Å². The van der Waals surface area contributed by atoms with Gasteiger partial charge in [0.25, 0.3) is 0 Å². The first-order chi connectivity index (χ1) is 9.68. The van der Waals surface area contributed by atoms with E-state index < -0.39 is 5.72 Å². The minimum absolute atomic E-state index is 0.470. The Morgan fingerprint density at radius 3 is 2.90 bits per heavy atom. The number of oxime groups is 1. The molecule has 1 aromatic heterocycles. The Labute approximate surface area is 126 Å². The number of nitrogens with zero attached hydrogens (tertiary/aromatic N) is 2. The molecule has 0 aliphatic carbocycles. The van der Waals surface area contributed by atoms with Crippen molar-refractivity contribution in [3.05, 3.63) is 56.7 Å². The molecule has 5 heteroatoms. The maximum Gasteiger partial charge on any atom is 0.235 e. The second-order valence-electron chi connectivity index (χ2n) is 5.16. The summed E-state index contributed by atoms with van der Waals surface area (Å²) >= 11 is 7.75. The molecule has 2 aliphatic heterocycles. The summed E-state index contributed by atoms with van der Waals surface area (Å²) in [4.78, 5) is 9.45. The van der Waals surface area contributed by atoms with E-state index in [9.17, 15) is 0 Å². The zero-order chi connectivity index (χ0) is 13.7. The molecule has 1 atom stereocenters. The number of fused-ring (bicyclic) bond motifs is 3. The fraction of sp³-hybridized carbons (Fsp3) is 0.267. The second-order valence-corrected chi connectivity index (χ2v) is 6.59. The van der Waals surface area contributed by atoms with Gasteiger partial charge in [0.15, 0.2) is 5.84 Å². The molecule has 1 aromatic carbocycles. The zero-order valence-electron chi connectivity index (χ0n) is 11.0. The van der Waals surface area contributed by atoms with Crippen LogP contribution in [0.5, 0.6) is 0 Å². The molecule has 0 spiro atoms. The normalized spacial score (nSPS) is 23.9. The van der Waals surface area contributed by atoms with Crippen molar-refractivity contribution in [2.75, 3.05) is 6.54 Å². The first kappa shape index (κ1) is 12.2. The van der Waals surface area contributed by atoms with Gasteiger partial charge in [-0.2, -0.15) is 0 Å². The number of amidine groups is 1. The summed E-state index contributed by atoms with van der Waals surface area (Å²) in [6.07, 6.45) is 1.04. The van der Waals surface area contributed by atoms with Crippen LogP contribution in [0.1, 0.15) is 22.9 Å². The summed E-state index contributed by atoms with van der Waals surface area (Å²) in [5.74, 6) is 0.890. The fourth-order valence-electron chi connectivity index (χ4n) is 2.91. The SMILES string of the molecule is CC12ON=C(c3ccc(Cl)cc3)N1CCc1sccc12. The second kappa shape index (κ2) is 4.24. The Hall–Kier alpha value is -1.52.